The number of methoxy groups -OCH3 is 1. The molecular weight excluding hydrogens is 362 g/mol. The number of urea groups is 1. The summed E-state index contributed by atoms with van der Waals surface area (Å²) in [6.07, 6.45) is 0.0768. The zero-order chi connectivity index (χ0) is 20.4. The first kappa shape index (κ1) is 20.8. The molecule has 0 aliphatic rings. The van der Waals surface area contributed by atoms with E-state index in [-0.39, 0.29) is 24.8 Å². The maximum absolute atomic E-state index is 12.6. The van der Waals surface area contributed by atoms with Gasteiger partial charge in [0.25, 0.3) is 5.91 Å². The molecule has 3 N–H and O–H groups in total. The van der Waals surface area contributed by atoms with Crippen molar-refractivity contribution in [3.8, 4) is 5.75 Å². The summed E-state index contributed by atoms with van der Waals surface area (Å²) in [5.41, 5.74) is 1.22. The highest BCUT2D eigenvalue weighted by molar-refractivity contribution is 6.08. The zero-order valence-corrected chi connectivity index (χ0v) is 15.8. The molecule has 0 bridgehead atoms. The molecule has 0 heterocycles. The second-order valence-corrected chi connectivity index (χ2v) is 5.64. The Balaban J connectivity index is 1.99. The van der Waals surface area contributed by atoms with Gasteiger partial charge in [-0.3, -0.25) is 9.59 Å². The van der Waals surface area contributed by atoms with E-state index >= 15 is 0 Å². The summed E-state index contributed by atoms with van der Waals surface area (Å²) < 4.78 is 10.00. The second-order valence-electron chi connectivity index (χ2n) is 5.64. The van der Waals surface area contributed by atoms with E-state index in [1.54, 1.807) is 55.5 Å². The van der Waals surface area contributed by atoms with Crippen LogP contribution >= 0.6 is 0 Å². The normalized spacial score (nSPS) is 9.93. The quantitative estimate of drug-likeness (QED) is 0.606. The molecule has 2 rings (SSSR count). The molecule has 0 atom stereocenters. The van der Waals surface area contributed by atoms with Crippen LogP contribution in [0.15, 0.2) is 48.5 Å². The van der Waals surface area contributed by atoms with E-state index in [1.807, 2.05) is 0 Å². The number of hydrogen-bond donors (Lipinski definition) is 3. The molecule has 8 nitrogen and oxygen atoms in total. The van der Waals surface area contributed by atoms with E-state index in [0.29, 0.717) is 29.3 Å². The summed E-state index contributed by atoms with van der Waals surface area (Å²) in [7, 11) is 1.49. The van der Waals surface area contributed by atoms with Gasteiger partial charge in [-0.25, -0.2) is 4.79 Å². The van der Waals surface area contributed by atoms with E-state index in [0.717, 1.165) is 0 Å². The van der Waals surface area contributed by atoms with Gasteiger partial charge in [0.1, 0.15) is 5.75 Å². The van der Waals surface area contributed by atoms with Crippen LogP contribution in [-0.2, 0) is 9.53 Å². The number of para-hydroxylation sites is 3. The van der Waals surface area contributed by atoms with Crippen molar-refractivity contribution in [3.05, 3.63) is 54.1 Å². The van der Waals surface area contributed by atoms with Gasteiger partial charge in [0.05, 0.1) is 37.1 Å². The van der Waals surface area contributed by atoms with Gasteiger partial charge in [0.2, 0.25) is 0 Å². The average molecular weight is 385 g/mol. The fourth-order valence-electron chi connectivity index (χ4n) is 2.40. The third kappa shape index (κ3) is 6.01. The number of ether oxygens (including phenoxy) is 2. The van der Waals surface area contributed by atoms with E-state index in [2.05, 4.69) is 16.0 Å². The van der Waals surface area contributed by atoms with E-state index in [1.165, 1.54) is 7.11 Å². The Labute approximate surface area is 163 Å². The molecule has 3 amide bonds. The highest BCUT2D eigenvalue weighted by Gasteiger charge is 2.14. The Bertz CT molecular complexity index is 838. The van der Waals surface area contributed by atoms with Gasteiger partial charge in [-0.2, -0.15) is 0 Å². The van der Waals surface area contributed by atoms with Crippen molar-refractivity contribution < 1.29 is 23.9 Å². The van der Waals surface area contributed by atoms with Crippen molar-refractivity contribution in [1.82, 2.24) is 5.32 Å². The molecule has 148 valence electrons. The van der Waals surface area contributed by atoms with Gasteiger partial charge in [-0.05, 0) is 31.2 Å². The minimum Gasteiger partial charge on any atom is -0.496 e. The lowest BCUT2D eigenvalue weighted by Crippen LogP contribution is -2.31. The van der Waals surface area contributed by atoms with Crippen LogP contribution in [0.3, 0.4) is 0 Å². The molecule has 0 radical (unpaired) electrons. The molecule has 0 fully saturated rings. The molecule has 2 aromatic rings. The molecule has 2 aromatic carbocycles. The predicted molar refractivity (Wildman–Crippen MR) is 106 cm³/mol. The Morgan fingerprint density at radius 2 is 1.57 bits per heavy atom. The number of benzene rings is 2. The Morgan fingerprint density at radius 1 is 0.929 bits per heavy atom. The zero-order valence-electron chi connectivity index (χ0n) is 15.8. The van der Waals surface area contributed by atoms with Gasteiger partial charge >= 0.3 is 12.0 Å². The fraction of sp³-hybridized carbons (Fsp3) is 0.250. The van der Waals surface area contributed by atoms with Crippen molar-refractivity contribution in [1.29, 1.82) is 0 Å². The highest BCUT2D eigenvalue weighted by atomic mass is 16.5. The van der Waals surface area contributed by atoms with Crippen molar-refractivity contribution in [2.75, 3.05) is 30.9 Å². The van der Waals surface area contributed by atoms with Crippen molar-refractivity contribution in [2.24, 2.45) is 0 Å². The summed E-state index contributed by atoms with van der Waals surface area (Å²) in [4.78, 5) is 35.9. The first-order chi connectivity index (χ1) is 13.5. The van der Waals surface area contributed by atoms with Gasteiger partial charge in [-0.15, -0.1) is 0 Å². The summed E-state index contributed by atoms with van der Waals surface area (Å²) in [6, 6.07) is 13.1. The van der Waals surface area contributed by atoms with Crippen LogP contribution in [0.2, 0.25) is 0 Å². The van der Waals surface area contributed by atoms with Crippen molar-refractivity contribution in [2.45, 2.75) is 13.3 Å². The number of nitrogens with one attached hydrogen (secondary N) is 3. The minimum absolute atomic E-state index is 0.0768. The van der Waals surface area contributed by atoms with E-state index < -0.39 is 6.03 Å². The fourth-order valence-corrected chi connectivity index (χ4v) is 2.40. The first-order valence-electron chi connectivity index (χ1n) is 8.79. The molecule has 0 aromatic heterocycles. The largest absolute Gasteiger partial charge is 0.496 e. The number of carbonyl (C=O) groups is 3. The maximum Gasteiger partial charge on any atom is 0.319 e. The molecule has 0 spiro atoms. The Hall–Kier alpha value is -3.55. The summed E-state index contributed by atoms with van der Waals surface area (Å²) in [6.45, 7) is 2.15. The third-order valence-corrected chi connectivity index (χ3v) is 3.70. The topological polar surface area (TPSA) is 106 Å². The number of rotatable bonds is 8. The van der Waals surface area contributed by atoms with Crippen LogP contribution in [0.25, 0.3) is 0 Å². The van der Waals surface area contributed by atoms with Crippen LogP contribution in [0, 0.1) is 0 Å². The van der Waals surface area contributed by atoms with E-state index in [4.69, 9.17) is 9.47 Å². The first-order valence-corrected chi connectivity index (χ1v) is 8.79. The van der Waals surface area contributed by atoms with Crippen LogP contribution in [0.4, 0.5) is 16.2 Å². The lowest BCUT2D eigenvalue weighted by atomic mass is 10.1. The molecule has 0 aliphatic carbocycles. The molecule has 0 saturated heterocycles. The van der Waals surface area contributed by atoms with Gasteiger partial charge in [0.15, 0.2) is 0 Å². The average Bonchev–Trinajstić information content (AvgIpc) is 2.69. The second kappa shape index (κ2) is 10.6. The predicted octanol–water partition coefficient (Wildman–Crippen LogP) is 3.02. The lowest BCUT2D eigenvalue weighted by molar-refractivity contribution is -0.142. The monoisotopic (exact) mass is 385 g/mol. The molecule has 0 saturated carbocycles. The van der Waals surface area contributed by atoms with Gasteiger partial charge in [-0.1, -0.05) is 24.3 Å². The molecular formula is C20H23N3O5. The van der Waals surface area contributed by atoms with Crippen molar-refractivity contribution >= 4 is 29.3 Å². The standard InChI is InChI=1S/C20H23N3O5/c1-3-28-18(24)12-13-21-20(26)23-16-10-6-5-9-15(16)22-19(25)14-8-4-7-11-17(14)27-2/h4-11H,3,12-13H2,1-2H3,(H,22,25)(H2,21,23,26). The summed E-state index contributed by atoms with van der Waals surface area (Å²) >= 11 is 0. The van der Waals surface area contributed by atoms with Crippen LogP contribution in [0.5, 0.6) is 5.75 Å². The third-order valence-electron chi connectivity index (χ3n) is 3.70. The van der Waals surface area contributed by atoms with Crippen LogP contribution < -0.4 is 20.7 Å². The number of carbonyl (C=O) groups excluding carboxylic acids is 3. The number of amides is 3. The molecule has 28 heavy (non-hydrogen) atoms. The summed E-state index contributed by atoms with van der Waals surface area (Å²) in [5.74, 6) is -0.302. The SMILES string of the molecule is CCOC(=O)CCNC(=O)Nc1ccccc1NC(=O)c1ccccc1OC. The van der Waals surface area contributed by atoms with Crippen molar-refractivity contribution in [3.63, 3.8) is 0 Å². The number of hydrogen-bond acceptors (Lipinski definition) is 5. The molecule has 8 heteroatoms. The maximum atomic E-state index is 12.6. The van der Waals surface area contributed by atoms with Crippen LogP contribution in [-0.4, -0.2) is 38.2 Å². The number of esters is 1. The number of anilines is 2. The van der Waals surface area contributed by atoms with Crippen LogP contribution in [0.1, 0.15) is 23.7 Å². The molecule has 0 unspecified atom stereocenters. The Kier molecular flexibility index (Phi) is 7.83. The minimum atomic E-state index is -0.497. The Morgan fingerprint density at radius 3 is 2.25 bits per heavy atom. The van der Waals surface area contributed by atoms with Gasteiger partial charge < -0.3 is 25.4 Å². The molecule has 0 aliphatic heterocycles. The summed E-state index contributed by atoms with van der Waals surface area (Å²) in [5, 5.41) is 7.98. The smallest absolute Gasteiger partial charge is 0.319 e. The lowest BCUT2D eigenvalue weighted by Gasteiger charge is -2.14. The highest BCUT2D eigenvalue weighted by Crippen LogP contribution is 2.24. The van der Waals surface area contributed by atoms with Gasteiger partial charge in [0, 0.05) is 6.54 Å². The van der Waals surface area contributed by atoms with E-state index in [9.17, 15) is 14.4 Å².